The van der Waals surface area contributed by atoms with Gasteiger partial charge in [0.25, 0.3) is 5.91 Å². The van der Waals surface area contributed by atoms with Crippen molar-refractivity contribution in [3.8, 4) is 5.88 Å². The van der Waals surface area contributed by atoms with E-state index >= 15 is 0 Å². The smallest absolute Gasteiger partial charge is 0.251 e. The summed E-state index contributed by atoms with van der Waals surface area (Å²) in [5, 5.41) is 2.71. The lowest BCUT2D eigenvalue weighted by atomic mass is 10.1. The number of halogens is 1. The first-order valence-electron chi connectivity index (χ1n) is 5.92. The Labute approximate surface area is 115 Å². The van der Waals surface area contributed by atoms with Gasteiger partial charge in [-0.25, -0.2) is 9.37 Å². The fourth-order valence-electron chi connectivity index (χ4n) is 1.64. The molecule has 0 spiro atoms. The van der Waals surface area contributed by atoms with Crippen LogP contribution in [0.1, 0.15) is 15.9 Å². The molecule has 0 aliphatic carbocycles. The summed E-state index contributed by atoms with van der Waals surface area (Å²) in [7, 11) is 1.52. The van der Waals surface area contributed by atoms with E-state index in [-0.39, 0.29) is 11.6 Å². The summed E-state index contributed by atoms with van der Waals surface area (Å²) in [4.78, 5) is 15.9. The lowest BCUT2D eigenvalue weighted by molar-refractivity contribution is 0.0951. The topological polar surface area (TPSA) is 77.2 Å². The summed E-state index contributed by atoms with van der Waals surface area (Å²) < 4.78 is 18.0. The predicted octanol–water partition coefficient (Wildman–Crippen LogP) is 1.74. The molecular formula is C14H14FN3O2. The molecule has 0 aliphatic rings. The molecule has 0 atom stereocenters. The van der Waals surface area contributed by atoms with Gasteiger partial charge in [0.1, 0.15) is 5.82 Å². The van der Waals surface area contributed by atoms with Crippen molar-refractivity contribution in [2.24, 2.45) is 0 Å². The fourth-order valence-corrected chi connectivity index (χ4v) is 1.64. The number of hydrogen-bond donors (Lipinski definition) is 2. The number of benzene rings is 1. The summed E-state index contributed by atoms with van der Waals surface area (Å²) in [6.45, 7) is 0.314. The lowest BCUT2D eigenvalue weighted by Gasteiger charge is -2.07. The number of anilines is 1. The van der Waals surface area contributed by atoms with Crippen molar-refractivity contribution in [3.63, 3.8) is 0 Å². The van der Waals surface area contributed by atoms with Crippen LogP contribution < -0.4 is 15.8 Å². The third-order valence-electron chi connectivity index (χ3n) is 2.72. The molecule has 0 aliphatic heterocycles. The summed E-state index contributed by atoms with van der Waals surface area (Å²) in [6.07, 6.45) is 1.59. The van der Waals surface area contributed by atoms with Crippen molar-refractivity contribution in [2.75, 3.05) is 12.8 Å². The quantitative estimate of drug-likeness (QED) is 0.833. The molecule has 1 heterocycles. The second kappa shape index (κ2) is 6.01. The van der Waals surface area contributed by atoms with E-state index in [9.17, 15) is 9.18 Å². The van der Waals surface area contributed by atoms with Crippen LogP contribution in [0.25, 0.3) is 0 Å². The highest BCUT2D eigenvalue weighted by molar-refractivity contribution is 5.94. The average molecular weight is 275 g/mol. The number of nitrogens with zero attached hydrogens (tertiary/aromatic N) is 1. The summed E-state index contributed by atoms with van der Waals surface area (Å²) in [5.41, 5.74) is 6.53. The molecule has 0 saturated carbocycles. The van der Waals surface area contributed by atoms with Crippen LogP contribution in [0.15, 0.2) is 36.5 Å². The Morgan fingerprint density at radius 1 is 1.40 bits per heavy atom. The summed E-state index contributed by atoms with van der Waals surface area (Å²) in [6, 6.07) is 7.34. The molecule has 0 saturated heterocycles. The molecule has 104 valence electrons. The van der Waals surface area contributed by atoms with Crippen LogP contribution >= 0.6 is 0 Å². The Bertz CT molecular complexity index is 632. The van der Waals surface area contributed by atoms with Crippen molar-refractivity contribution in [1.82, 2.24) is 10.3 Å². The molecule has 0 unspecified atom stereocenters. The largest absolute Gasteiger partial charge is 0.481 e. The maximum atomic E-state index is 13.0. The molecule has 6 heteroatoms. The van der Waals surface area contributed by atoms with Gasteiger partial charge in [-0.3, -0.25) is 4.79 Å². The Morgan fingerprint density at radius 3 is 2.90 bits per heavy atom. The Morgan fingerprint density at radius 2 is 2.20 bits per heavy atom. The SMILES string of the molecule is COc1cc(CNC(=O)c2ccc(F)c(N)c2)ccn1. The standard InChI is InChI=1S/C14H14FN3O2/c1-20-13-6-9(4-5-17-13)8-18-14(19)10-2-3-11(15)12(16)7-10/h2-7H,8,16H2,1H3,(H,18,19). The van der Waals surface area contributed by atoms with Crippen LogP contribution in [0.2, 0.25) is 0 Å². The third-order valence-corrected chi connectivity index (χ3v) is 2.72. The van der Waals surface area contributed by atoms with Crippen LogP contribution in [0.5, 0.6) is 5.88 Å². The van der Waals surface area contributed by atoms with E-state index in [2.05, 4.69) is 10.3 Å². The number of aromatic nitrogens is 1. The number of methoxy groups -OCH3 is 1. The summed E-state index contributed by atoms with van der Waals surface area (Å²) >= 11 is 0. The molecule has 3 N–H and O–H groups in total. The molecule has 2 rings (SSSR count). The number of ether oxygens (including phenoxy) is 1. The van der Waals surface area contributed by atoms with Crippen molar-refractivity contribution in [3.05, 3.63) is 53.5 Å². The highest BCUT2D eigenvalue weighted by Crippen LogP contribution is 2.13. The van der Waals surface area contributed by atoms with Gasteiger partial charge >= 0.3 is 0 Å². The van der Waals surface area contributed by atoms with Gasteiger partial charge in [0.05, 0.1) is 12.8 Å². The van der Waals surface area contributed by atoms with Crippen LogP contribution in [0.3, 0.4) is 0 Å². The number of nitrogens with one attached hydrogen (secondary N) is 1. The molecule has 0 fully saturated rings. The predicted molar refractivity (Wildman–Crippen MR) is 72.8 cm³/mol. The van der Waals surface area contributed by atoms with Gasteiger partial charge in [-0.15, -0.1) is 0 Å². The van der Waals surface area contributed by atoms with E-state index in [1.165, 1.54) is 25.3 Å². The minimum atomic E-state index is -0.541. The molecule has 2 aromatic rings. The molecule has 5 nitrogen and oxygen atoms in total. The Kier molecular flexibility index (Phi) is 4.14. The maximum absolute atomic E-state index is 13.0. The lowest BCUT2D eigenvalue weighted by Crippen LogP contribution is -2.23. The molecule has 1 aromatic carbocycles. The normalized spacial score (nSPS) is 10.1. The fraction of sp³-hybridized carbons (Fsp3) is 0.143. The van der Waals surface area contributed by atoms with Crippen LogP contribution in [0.4, 0.5) is 10.1 Å². The van der Waals surface area contributed by atoms with Gasteiger partial charge in [0, 0.05) is 24.4 Å². The van der Waals surface area contributed by atoms with Gasteiger partial charge in [-0.2, -0.15) is 0 Å². The van der Waals surface area contributed by atoms with E-state index in [1.54, 1.807) is 18.3 Å². The Balaban J connectivity index is 2.02. The second-order valence-electron chi connectivity index (χ2n) is 4.13. The maximum Gasteiger partial charge on any atom is 0.251 e. The first-order valence-corrected chi connectivity index (χ1v) is 5.92. The van der Waals surface area contributed by atoms with Crippen LogP contribution in [-0.4, -0.2) is 18.0 Å². The minimum absolute atomic E-state index is 0.0526. The van der Waals surface area contributed by atoms with Crippen LogP contribution in [-0.2, 0) is 6.54 Å². The number of pyridine rings is 1. The number of carbonyl (C=O) groups excluding carboxylic acids is 1. The first kappa shape index (κ1) is 13.8. The van der Waals surface area contributed by atoms with Crippen molar-refractivity contribution < 1.29 is 13.9 Å². The van der Waals surface area contributed by atoms with Crippen molar-refractivity contribution >= 4 is 11.6 Å². The molecular weight excluding hydrogens is 261 g/mol. The van der Waals surface area contributed by atoms with E-state index in [0.29, 0.717) is 18.0 Å². The van der Waals surface area contributed by atoms with Gasteiger partial charge in [0.2, 0.25) is 5.88 Å². The van der Waals surface area contributed by atoms with Crippen molar-refractivity contribution in [2.45, 2.75) is 6.54 Å². The number of rotatable bonds is 4. The van der Waals surface area contributed by atoms with E-state index < -0.39 is 5.82 Å². The minimum Gasteiger partial charge on any atom is -0.481 e. The van der Waals surface area contributed by atoms with Crippen molar-refractivity contribution in [1.29, 1.82) is 0 Å². The van der Waals surface area contributed by atoms with E-state index in [1.807, 2.05) is 0 Å². The van der Waals surface area contributed by atoms with E-state index in [4.69, 9.17) is 10.5 Å². The summed E-state index contributed by atoms with van der Waals surface area (Å²) in [5.74, 6) is -0.393. The number of amides is 1. The van der Waals surface area contributed by atoms with Gasteiger partial charge < -0.3 is 15.8 Å². The van der Waals surface area contributed by atoms with Crippen LogP contribution in [0, 0.1) is 5.82 Å². The number of hydrogen-bond acceptors (Lipinski definition) is 4. The molecule has 1 aromatic heterocycles. The zero-order valence-corrected chi connectivity index (χ0v) is 10.9. The number of carbonyl (C=O) groups is 1. The number of nitrogen functional groups attached to an aromatic ring is 1. The van der Waals surface area contributed by atoms with Gasteiger partial charge in [0.15, 0.2) is 0 Å². The highest BCUT2D eigenvalue weighted by Gasteiger charge is 2.08. The zero-order chi connectivity index (χ0) is 14.5. The van der Waals surface area contributed by atoms with E-state index in [0.717, 1.165) is 5.56 Å². The first-order chi connectivity index (χ1) is 9.60. The van der Waals surface area contributed by atoms with Gasteiger partial charge in [-0.05, 0) is 29.8 Å². The monoisotopic (exact) mass is 275 g/mol. The Hall–Kier alpha value is -2.63. The number of nitrogens with two attached hydrogens (primary N) is 1. The molecule has 20 heavy (non-hydrogen) atoms. The second-order valence-corrected chi connectivity index (χ2v) is 4.13. The molecule has 1 amide bonds. The van der Waals surface area contributed by atoms with Gasteiger partial charge in [-0.1, -0.05) is 0 Å². The zero-order valence-electron chi connectivity index (χ0n) is 10.9. The molecule has 0 radical (unpaired) electrons. The third kappa shape index (κ3) is 3.23. The average Bonchev–Trinajstić information content (AvgIpc) is 2.47. The highest BCUT2D eigenvalue weighted by atomic mass is 19.1. The molecule has 0 bridgehead atoms.